The Balaban J connectivity index is 0.00000161. The summed E-state index contributed by atoms with van der Waals surface area (Å²) < 4.78 is 14.3. The Morgan fingerprint density at radius 3 is 2.48 bits per heavy atom. The van der Waals surface area contributed by atoms with Gasteiger partial charge in [0.25, 0.3) is 0 Å². The standard InChI is InChI=1S/C18H13FN.Ir/c1-20-18(14-8-3-2-4-9-14)17-15-10-6-5-7-13(15)11-12-16(17)19;/h2-9,11-12H,1H3;/q-1;. The van der Waals surface area contributed by atoms with Crippen LogP contribution >= 0.6 is 0 Å². The Bertz CT molecular complexity index is 782. The van der Waals surface area contributed by atoms with E-state index in [0.717, 1.165) is 16.3 Å². The second-order valence-electron chi connectivity index (χ2n) is 4.49. The van der Waals surface area contributed by atoms with Crippen LogP contribution in [0.15, 0.2) is 65.7 Å². The van der Waals surface area contributed by atoms with Crippen LogP contribution in [0.2, 0.25) is 0 Å². The summed E-state index contributed by atoms with van der Waals surface area (Å²) in [7, 11) is 1.68. The topological polar surface area (TPSA) is 12.4 Å². The average molecular weight is 455 g/mol. The van der Waals surface area contributed by atoms with Gasteiger partial charge in [-0.25, -0.2) is 4.39 Å². The molecule has 0 fully saturated rings. The van der Waals surface area contributed by atoms with Crippen molar-refractivity contribution in [2.45, 2.75) is 0 Å². The van der Waals surface area contributed by atoms with Crippen LogP contribution in [-0.2, 0) is 20.1 Å². The molecule has 0 aliphatic rings. The largest absolute Gasteiger partial charge is 0.297 e. The number of aliphatic imine (C=N–C) groups is 1. The third-order valence-electron chi connectivity index (χ3n) is 3.29. The number of halogens is 1. The maximum Gasteiger partial charge on any atom is 0.0907 e. The Labute approximate surface area is 136 Å². The van der Waals surface area contributed by atoms with Crippen molar-refractivity contribution in [3.63, 3.8) is 0 Å². The number of nitrogens with zero attached hydrogens (tertiary/aromatic N) is 1. The molecule has 0 amide bonds. The van der Waals surface area contributed by atoms with E-state index in [9.17, 15) is 4.39 Å². The maximum atomic E-state index is 14.3. The minimum Gasteiger partial charge on any atom is -0.297 e. The minimum absolute atomic E-state index is 0. The average Bonchev–Trinajstić information content (AvgIpc) is 2.51. The van der Waals surface area contributed by atoms with E-state index in [4.69, 9.17) is 0 Å². The van der Waals surface area contributed by atoms with Crippen LogP contribution < -0.4 is 0 Å². The van der Waals surface area contributed by atoms with Gasteiger partial charge in [0.15, 0.2) is 0 Å². The smallest absolute Gasteiger partial charge is 0.0907 e. The molecule has 1 nitrogen and oxygen atoms in total. The van der Waals surface area contributed by atoms with Crippen molar-refractivity contribution in [3.8, 4) is 0 Å². The van der Waals surface area contributed by atoms with Crippen molar-refractivity contribution < 1.29 is 24.5 Å². The molecule has 0 spiro atoms. The van der Waals surface area contributed by atoms with Gasteiger partial charge < -0.3 is 0 Å². The molecule has 0 aliphatic carbocycles. The summed E-state index contributed by atoms with van der Waals surface area (Å²) in [6.45, 7) is 0. The minimum atomic E-state index is -0.274. The van der Waals surface area contributed by atoms with Gasteiger partial charge in [0, 0.05) is 32.9 Å². The summed E-state index contributed by atoms with van der Waals surface area (Å²) >= 11 is 0. The van der Waals surface area contributed by atoms with E-state index < -0.39 is 0 Å². The van der Waals surface area contributed by atoms with E-state index in [0.29, 0.717) is 11.3 Å². The van der Waals surface area contributed by atoms with Gasteiger partial charge in [-0.05, 0) is 17.2 Å². The van der Waals surface area contributed by atoms with E-state index in [-0.39, 0.29) is 25.9 Å². The third-order valence-corrected chi connectivity index (χ3v) is 3.29. The quantitative estimate of drug-likeness (QED) is 0.406. The molecule has 3 aromatic carbocycles. The molecule has 0 bridgehead atoms. The first-order valence-electron chi connectivity index (χ1n) is 6.43. The van der Waals surface area contributed by atoms with Crippen LogP contribution in [0.1, 0.15) is 11.1 Å². The SMILES string of the molecule is CN=C(c1ccccc1)c1c(F)ccc2ccc[c-]c12.[Ir]. The van der Waals surface area contributed by atoms with Crippen LogP contribution in [0.4, 0.5) is 4.39 Å². The molecule has 0 saturated carbocycles. The molecule has 1 radical (unpaired) electrons. The molecule has 0 heterocycles. The molecule has 0 saturated heterocycles. The van der Waals surface area contributed by atoms with Gasteiger partial charge in [-0.3, -0.25) is 4.99 Å². The zero-order valence-corrected chi connectivity index (χ0v) is 13.8. The summed E-state index contributed by atoms with van der Waals surface area (Å²) in [5.41, 5.74) is 2.06. The van der Waals surface area contributed by atoms with Crippen molar-refractivity contribution in [2.75, 3.05) is 7.05 Å². The molecule has 107 valence electrons. The first-order chi connectivity index (χ1) is 9.81. The van der Waals surface area contributed by atoms with E-state index in [2.05, 4.69) is 11.1 Å². The zero-order valence-electron chi connectivity index (χ0n) is 11.4. The van der Waals surface area contributed by atoms with Gasteiger partial charge in [0.2, 0.25) is 0 Å². The number of hydrogen-bond donors (Lipinski definition) is 0. The van der Waals surface area contributed by atoms with Gasteiger partial charge >= 0.3 is 0 Å². The van der Waals surface area contributed by atoms with Gasteiger partial charge in [0.05, 0.1) is 5.82 Å². The van der Waals surface area contributed by atoms with Crippen LogP contribution in [-0.4, -0.2) is 12.8 Å². The van der Waals surface area contributed by atoms with Crippen LogP contribution in [0.5, 0.6) is 0 Å². The Hall–Kier alpha value is -1.83. The summed E-state index contributed by atoms with van der Waals surface area (Å²) in [5, 5.41) is 1.72. The molecule has 3 aromatic rings. The van der Waals surface area contributed by atoms with Gasteiger partial charge in [-0.1, -0.05) is 36.4 Å². The van der Waals surface area contributed by atoms with Crippen molar-refractivity contribution in [1.29, 1.82) is 0 Å². The fourth-order valence-corrected chi connectivity index (χ4v) is 2.38. The molecule has 0 aliphatic heterocycles. The van der Waals surface area contributed by atoms with Gasteiger partial charge in [-0.15, -0.1) is 35.0 Å². The van der Waals surface area contributed by atoms with Crippen LogP contribution in [0.25, 0.3) is 10.8 Å². The second-order valence-corrected chi connectivity index (χ2v) is 4.49. The Morgan fingerprint density at radius 1 is 1.00 bits per heavy atom. The summed E-state index contributed by atoms with van der Waals surface area (Å²) in [4.78, 5) is 4.30. The van der Waals surface area contributed by atoms with Crippen LogP contribution in [0.3, 0.4) is 0 Å². The van der Waals surface area contributed by atoms with E-state index in [1.165, 1.54) is 6.07 Å². The van der Waals surface area contributed by atoms with E-state index in [1.54, 1.807) is 19.2 Å². The van der Waals surface area contributed by atoms with Crippen LogP contribution in [0, 0.1) is 11.9 Å². The summed E-state index contributed by atoms with van der Waals surface area (Å²) in [6, 6.07) is 21.7. The molecule has 21 heavy (non-hydrogen) atoms. The molecule has 0 N–H and O–H groups in total. The molecule has 0 unspecified atom stereocenters. The van der Waals surface area contributed by atoms with Crippen molar-refractivity contribution in [1.82, 2.24) is 0 Å². The normalized spacial score (nSPS) is 11.2. The first kappa shape index (κ1) is 15.6. The predicted octanol–water partition coefficient (Wildman–Crippen LogP) is 4.24. The first-order valence-corrected chi connectivity index (χ1v) is 6.43. The van der Waals surface area contributed by atoms with Crippen molar-refractivity contribution >= 4 is 16.5 Å². The third kappa shape index (κ3) is 2.94. The zero-order chi connectivity index (χ0) is 13.9. The molecule has 3 heteroatoms. The van der Waals surface area contributed by atoms with E-state index >= 15 is 0 Å². The molecule has 3 rings (SSSR count). The van der Waals surface area contributed by atoms with Gasteiger partial charge in [-0.2, -0.15) is 0 Å². The predicted molar refractivity (Wildman–Crippen MR) is 80.7 cm³/mol. The fraction of sp³-hybridized carbons (Fsp3) is 0.0556. The van der Waals surface area contributed by atoms with Gasteiger partial charge in [0.1, 0.15) is 0 Å². The number of fused-ring (bicyclic) bond motifs is 1. The molecular formula is C18H13FIrN-. The van der Waals surface area contributed by atoms with Crippen molar-refractivity contribution in [3.05, 3.63) is 83.7 Å². The van der Waals surface area contributed by atoms with E-state index in [1.807, 2.05) is 42.5 Å². The Kier molecular flexibility index (Phi) is 5.00. The summed E-state index contributed by atoms with van der Waals surface area (Å²) in [5.74, 6) is -0.274. The maximum absolute atomic E-state index is 14.3. The van der Waals surface area contributed by atoms with Crippen molar-refractivity contribution in [2.24, 2.45) is 4.99 Å². The number of hydrogen-bond acceptors (Lipinski definition) is 1. The molecule has 0 aromatic heterocycles. The number of benzene rings is 3. The fourth-order valence-electron chi connectivity index (χ4n) is 2.38. The Morgan fingerprint density at radius 2 is 1.76 bits per heavy atom. The second kappa shape index (κ2) is 6.75. The monoisotopic (exact) mass is 455 g/mol. The molecule has 0 atom stereocenters. The summed E-state index contributed by atoms with van der Waals surface area (Å²) in [6.07, 6.45) is 0. The molecular weight excluding hydrogens is 441 g/mol. The number of rotatable bonds is 2.